The van der Waals surface area contributed by atoms with Gasteiger partial charge in [0.2, 0.25) is 0 Å². The quantitative estimate of drug-likeness (QED) is 0.878. The summed E-state index contributed by atoms with van der Waals surface area (Å²) in [6.07, 6.45) is 1.87. The molecule has 0 heterocycles. The fourth-order valence-corrected chi connectivity index (χ4v) is 2.88. The maximum absolute atomic E-state index is 11.3. The molecule has 3 heteroatoms. The van der Waals surface area contributed by atoms with E-state index in [9.17, 15) is 9.90 Å². The fraction of sp³-hybridized carbons (Fsp3) is 0.500. The summed E-state index contributed by atoms with van der Waals surface area (Å²) in [6.45, 7) is 1.56. The van der Waals surface area contributed by atoms with E-state index in [4.69, 9.17) is 11.6 Å². The third-order valence-corrected chi connectivity index (χ3v) is 3.89. The second kappa shape index (κ2) is 5.19. The van der Waals surface area contributed by atoms with Crippen molar-refractivity contribution in [2.45, 2.75) is 38.2 Å². The Morgan fingerprint density at radius 3 is 2.76 bits per heavy atom. The molecule has 1 fully saturated rings. The highest BCUT2D eigenvalue weighted by Gasteiger charge is 2.32. The van der Waals surface area contributed by atoms with Crippen LogP contribution in [0.4, 0.5) is 0 Å². The summed E-state index contributed by atoms with van der Waals surface area (Å²) in [4.78, 5) is 11.3. The van der Waals surface area contributed by atoms with E-state index in [0.29, 0.717) is 12.3 Å². The third-order valence-electron chi connectivity index (χ3n) is 3.66. The Morgan fingerprint density at radius 1 is 1.41 bits per heavy atom. The number of halogens is 1. The maximum Gasteiger partial charge on any atom is 0.135 e. The maximum atomic E-state index is 11.3. The van der Waals surface area contributed by atoms with Crippen molar-refractivity contribution in [2.24, 2.45) is 5.92 Å². The van der Waals surface area contributed by atoms with E-state index in [0.717, 1.165) is 17.9 Å². The summed E-state index contributed by atoms with van der Waals surface area (Å²) in [7, 11) is 0. The van der Waals surface area contributed by atoms with E-state index < -0.39 is 6.10 Å². The van der Waals surface area contributed by atoms with E-state index in [2.05, 4.69) is 0 Å². The van der Waals surface area contributed by atoms with Gasteiger partial charge in [0.15, 0.2) is 0 Å². The summed E-state index contributed by atoms with van der Waals surface area (Å²) in [5, 5.41) is 10.7. The number of ketones is 1. The van der Waals surface area contributed by atoms with Crippen LogP contribution in [-0.4, -0.2) is 17.0 Å². The van der Waals surface area contributed by atoms with Gasteiger partial charge in [-0.15, -0.1) is 0 Å². The SMILES string of the molecule is CC(=O)C1CCC(c2cccc(Cl)c2)CC1O. The number of aliphatic hydroxyl groups is 1. The van der Waals surface area contributed by atoms with Gasteiger partial charge in [0.1, 0.15) is 5.78 Å². The van der Waals surface area contributed by atoms with Crippen molar-refractivity contribution in [3.8, 4) is 0 Å². The first-order valence-electron chi connectivity index (χ1n) is 6.02. The van der Waals surface area contributed by atoms with Crippen molar-refractivity contribution < 1.29 is 9.90 Å². The molecule has 0 amide bonds. The zero-order chi connectivity index (χ0) is 12.4. The van der Waals surface area contributed by atoms with Gasteiger partial charge in [0.25, 0.3) is 0 Å². The Bertz CT molecular complexity index is 416. The minimum atomic E-state index is -0.509. The van der Waals surface area contributed by atoms with Gasteiger partial charge in [-0.2, -0.15) is 0 Å². The molecule has 1 aliphatic rings. The topological polar surface area (TPSA) is 37.3 Å². The Kier molecular flexibility index (Phi) is 3.85. The smallest absolute Gasteiger partial charge is 0.135 e. The van der Waals surface area contributed by atoms with Crippen molar-refractivity contribution in [2.75, 3.05) is 0 Å². The molecule has 1 aromatic carbocycles. The lowest BCUT2D eigenvalue weighted by Gasteiger charge is -2.32. The van der Waals surface area contributed by atoms with E-state index in [-0.39, 0.29) is 11.7 Å². The standard InChI is InChI=1S/C14H17ClO2/c1-9(16)13-6-5-11(8-14(13)17)10-3-2-4-12(15)7-10/h2-4,7,11,13-14,17H,5-6,8H2,1H3. The first kappa shape index (κ1) is 12.6. The molecule has 0 saturated heterocycles. The number of benzene rings is 1. The number of hydrogen-bond donors (Lipinski definition) is 1. The lowest BCUT2D eigenvalue weighted by molar-refractivity contribution is -0.125. The molecule has 1 saturated carbocycles. The monoisotopic (exact) mass is 252 g/mol. The van der Waals surface area contributed by atoms with E-state index in [1.165, 1.54) is 5.56 Å². The van der Waals surface area contributed by atoms with Crippen LogP contribution in [0.1, 0.15) is 37.7 Å². The molecule has 92 valence electrons. The summed E-state index contributed by atoms with van der Waals surface area (Å²) >= 11 is 5.96. The van der Waals surface area contributed by atoms with Gasteiger partial charge in [0.05, 0.1) is 6.10 Å². The largest absolute Gasteiger partial charge is 0.392 e. The molecule has 1 aromatic rings. The molecule has 2 rings (SSSR count). The molecule has 2 nitrogen and oxygen atoms in total. The molecular weight excluding hydrogens is 236 g/mol. The van der Waals surface area contributed by atoms with E-state index in [1.54, 1.807) is 6.92 Å². The molecular formula is C14H17ClO2. The number of carbonyl (C=O) groups is 1. The van der Waals surface area contributed by atoms with Gasteiger partial charge in [0, 0.05) is 10.9 Å². The fourth-order valence-electron chi connectivity index (χ4n) is 2.68. The predicted octanol–water partition coefficient (Wildman–Crippen LogP) is 3.17. The Labute approximate surface area is 107 Å². The van der Waals surface area contributed by atoms with Crippen molar-refractivity contribution in [3.63, 3.8) is 0 Å². The van der Waals surface area contributed by atoms with Crippen LogP contribution in [0, 0.1) is 5.92 Å². The number of aliphatic hydroxyl groups excluding tert-OH is 1. The normalized spacial score (nSPS) is 29.0. The predicted molar refractivity (Wildman–Crippen MR) is 68.2 cm³/mol. The molecule has 3 atom stereocenters. The average Bonchev–Trinajstić information content (AvgIpc) is 2.28. The summed E-state index contributed by atoms with van der Waals surface area (Å²) in [5.74, 6) is 0.242. The lowest BCUT2D eigenvalue weighted by atomic mass is 9.75. The van der Waals surface area contributed by atoms with E-state index in [1.807, 2.05) is 24.3 Å². The minimum absolute atomic E-state index is 0.0991. The first-order chi connectivity index (χ1) is 8.08. The van der Waals surface area contributed by atoms with Crippen molar-refractivity contribution in [1.29, 1.82) is 0 Å². The van der Waals surface area contributed by atoms with Gasteiger partial charge in [-0.1, -0.05) is 23.7 Å². The molecule has 1 N–H and O–H groups in total. The van der Waals surface area contributed by atoms with Crippen molar-refractivity contribution in [1.82, 2.24) is 0 Å². The minimum Gasteiger partial charge on any atom is -0.392 e. The molecule has 0 aromatic heterocycles. The van der Waals surface area contributed by atoms with Gasteiger partial charge in [-0.05, 0) is 49.8 Å². The molecule has 0 bridgehead atoms. The van der Waals surface area contributed by atoms with Gasteiger partial charge in [-0.3, -0.25) is 4.79 Å². The summed E-state index contributed by atoms with van der Waals surface area (Å²) in [5.41, 5.74) is 1.17. The van der Waals surface area contributed by atoms with Crippen molar-refractivity contribution >= 4 is 17.4 Å². The van der Waals surface area contributed by atoms with E-state index >= 15 is 0 Å². The molecule has 0 radical (unpaired) electrons. The second-order valence-electron chi connectivity index (χ2n) is 4.85. The van der Waals surface area contributed by atoms with Gasteiger partial charge in [-0.25, -0.2) is 0 Å². The first-order valence-corrected chi connectivity index (χ1v) is 6.39. The number of rotatable bonds is 2. The third kappa shape index (κ3) is 2.88. The lowest BCUT2D eigenvalue weighted by Crippen LogP contribution is -2.32. The van der Waals surface area contributed by atoms with Crippen LogP contribution in [0.2, 0.25) is 5.02 Å². The highest BCUT2D eigenvalue weighted by atomic mass is 35.5. The molecule has 17 heavy (non-hydrogen) atoms. The van der Waals surface area contributed by atoms with Crippen LogP contribution >= 0.6 is 11.6 Å². The molecule has 1 aliphatic carbocycles. The Morgan fingerprint density at radius 2 is 2.18 bits per heavy atom. The van der Waals surface area contributed by atoms with Crippen LogP contribution in [0.5, 0.6) is 0 Å². The van der Waals surface area contributed by atoms with Gasteiger partial charge >= 0.3 is 0 Å². The summed E-state index contributed by atoms with van der Waals surface area (Å²) in [6, 6.07) is 7.77. The zero-order valence-corrected chi connectivity index (χ0v) is 10.7. The summed E-state index contributed by atoms with van der Waals surface area (Å²) < 4.78 is 0. The van der Waals surface area contributed by atoms with Crippen LogP contribution in [-0.2, 0) is 4.79 Å². The molecule has 3 unspecified atom stereocenters. The van der Waals surface area contributed by atoms with Gasteiger partial charge < -0.3 is 5.11 Å². The average molecular weight is 253 g/mol. The van der Waals surface area contributed by atoms with Crippen LogP contribution in [0.3, 0.4) is 0 Å². The molecule has 0 aliphatic heterocycles. The molecule has 0 spiro atoms. The highest BCUT2D eigenvalue weighted by Crippen LogP contribution is 2.36. The van der Waals surface area contributed by atoms with Crippen molar-refractivity contribution in [3.05, 3.63) is 34.9 Å². The Balaban J connectivity index is 2.09. The second-order valence-corrected chi connectivity index (χ2v) is 5.29. The number of carbonyl (C=O) groups excluding carboxylic acids is 1. The number of hydrogen-bond acceptors (Lipinski definition) is 2. The van der Waals surface area contributed by atoms with Crippen LogP contribution in [0.15, 0.2) is 24.3 Å². The number of Topliss-reactive ketones (excluding diaryl/α,β-unsaturated/α-hetero) is 1. The van der Waals surface area contributed by atoms with Crippen LogP contribution < -0.4 is 0 Å². The highest BCUT2D eigenvalue weighted by molar-refractivity contribution is 6.30. The zero-order valence-electron chi connectivity index (χ0n) is 9.90. The Hall–Kier alpha value is -0.860. The van der Waals surface area contributed by atoms with Crippen LogP contribution in [0.25, 0.3) is 0 Å².